The Morgan fingerprint density at radius 2 is 1.43 bits per heavy atom. The predicted octanol–water partition coefficient (Wildman–Crippen LogP) is 1.82. The first-order valence-corrected chi connectivity index (χ1v) is 9.05. The molecule has 0 aliphatic carbocycles. The minimum Gasteiger partial charge on any atom is -0.395 e. The number of aliphatic hydroxyl groups excluding tert-OH is 1. The number of hydrogen-bond acceptors (Lipinski definition) is 4. The lowest BCUT2D eigenvalue weighted by atomic mass is 10.1. The molecule has 0 aromatic heterocycles. The second-order valence-corrected chi connectivity index (χ2v) is 6.61. The van der Waals surface area contributed by atoms with Crippen molar-refractivity contribution >= 4 is 0 Å². The molecule has 1 aromatic rings. The fourth-order valence-electron chi connectivity index (χ4n) is 3.28. The lowest BCUT2D eigenvalue weighted by Gasteiger charge is -2.26. The van der Waals surface area contributed by atoms with Gasteiger partial charge in [0.1, 0.15) is 0 Å². The van der Waals surface area contributed by atoms with Crippen molar-refractivity contribution in [3.63, 3.8) is 0 Å². The maximum absolute atomic E-state index is 9.29. The third kappa shape index (κ3) is 6.22. The summed E-state index contributed by atoms with van der Waals surface area (Å²) in [6.07, 6.45) is 1.21. The van der Waals surface area contributed by atoms with Gasteiger partial charge in [0.25, 0.3) is 0 Å². The van der Waals surface area contributed by atoms with Crippen LogP contribution in [0.5, 0.6) is 0 Å². The maximum atomic E-state index is 9.29. The monoisotopic (exact) mass is 319 g/mol. The van der Waals surface area contributed by atoms with Crippen LogP contribution in [0.25, 0.3) is 0 Å². The van der Waals surface area contributed by atoms with Crippen LogP contribution in [-0.2, 0) is 6.54 Å². The van der Waals surface area contributed by atoms with Gasteiger partial charge in [-0.25, -0.2) is 0 Å². The topological polar surface area (TPSA) is 30.0 Å². The van der Waals surface area contributed by atoms with Gasteiger partial charge in [-0.05, 0) is 31.0 Å². The fourth-order valence-corrected chi connectivity index (χ4v) is 3.28. The minimum atomic E-state index is 0.256. The molecule has 1 aromatic carbocycles. The van der Waals surface area contributed by atoms with E-state index < -0.39 is 0 Å². The standard InChI is InChI=1S/C19H33N3O/c1-3-8-20-9-10-21(15-16-23)12-14-22(13-11-20)17-19-7-5-4-6-18(19)2/h4-7,23H,3,8-17H2,1-2H3. The van der Waals surface area contributed by atoms with Crippen LogP contribution >= 0.6 is 0 Å². The molecule has 2 rings (SSSR count). The summed E-state index contributed by atoms with van der Waals surface area (Å²) >= 11 is 0. The summed E-state index contributed by atoms with van der Waals surface area (Å²) in [6.45, 7) is 14.3. The van der Waals surface area contributed by atoms with Crippen LogP contribution in [0.2, 0.25) is 0 Å². The molecule has 1 fully saturated rings. The van der Waals surface area contributed by atoms with Gasteiger partial charge in [-0.3, -0.25) is 9.80 Å². The molecule has 0 bridgehead atoms. The van der Waals surface area contributed by atoms with E-state index in [0.29, 0.717) is 0 Å². The normalized spacial score (nSPS) is 19.3. The van der Waals surface area contributed by atoms with Gasteiger partial charge in [-0.2, -0.15) is 0 Å². The first kappa shape index (κ1) is 18.4. The van der Waals surface area contributed by atoms with Gasteiger partial charge < -0.3 is 10.0 Å². The maximum Gasteiger partial charge on any atom is 0.0558 e. The van der Waals surface area contributed by atoms with E-state index in [0.717, 1.165) is 52.4 Å². The summed E-state index contributed by atoms with van der Waals surface area (Å²) in [5.41, 5.74) is 2.81. The third-order valence-electron chi connectivity index (χ3n) is 4.81. The molecule has 0 amide bonds. The summed E-state index contributed by atoms with van der Waals surface area (Å²) in [4.78, 5) is 7.54. The Balaban J connectivity index is 2.01. The Morgan fingerprint density at radius 1 is 0.870 bits per heavy atom. The van der Waals surface area contributed by atoms with Gasteiger partial charge in [0.2, 0.25) is 0 Å². The van der Waals surface area contributed by atoms with Crippen LogP contribution in [-0.4, -0.2) is 78.8 Å². The average molecular weight is 319 g/mol. The minimum absolute atomic E-state index is 0.256. The Hall–Kier alpha value is -0.940. The highest BCUT2D eigenvalue weighted by Gasteiger charge is 2.16. The SMILES string of the molecule is CCCN1CCN(CCO)CCN(Cc2ccccc2C)CC1. The zero-order valence-corrected chi connectivity index (χ0v) is 14.9. The van der Waals surface area contributed by atoms with Gasteiger partial charge in [0.15, 0.2) is 0 Å². The van der Waals surface area contributed by atoms with Crippen molar-refractivity contribution in [2.75, 3.05) is 59.0 Å². The van der Waals surface area contributed by atoms with Crippen LogP contribution in [0.1, 0.15) is 24.5 Å². The van der Waals surface area contributed by atoms with Gasteiger partial charge in [-0.1, -0.05) is 31.2 Å². The Morgan fingerprint density at radius 3 is 2.00 bits per heavy atom. The summed E-state index contributed by atoms with van der Waals surface area (Å²) in [6, 6.07) is 8.70. The first-order valence-electron chi connectivity index (χ1n) is 9.05. The summed E-state index contributed by atoms with van der Waals surface area (Å²) in [5.74, 6) is 0. The molecule has 1 heterocycles. The van der Waals surface area contributed by atoms with E-state index in [1.165, 1.54) is 24.1 Å². The van der Waals surface area contributed by atoms with Crippen LogP contribution in [0.3, 0.4) is 0 Å². The number of nitrogens with zero attached hydrogens (tertiary/aromatic N) is 3. The highest BCUT2D eigenvalue weighted by molar-refractivity contribution is 5.25. The van der Waals surface area contributed by atoms with E-state index in [9.17, 15) is 5.11 Å². The summed E-state index contributed by atoms with van der Waals surface area (Å²) in [5, 5.41) is 9.29. The molecule has 0 atom stereocenters. The number of aryl methyl sites for hydroxylation is 1. The van der Waals surface area contributed by atoms with Crippen molar-refractivity contribution in [2.45, 2.75) is 26.8 Å². The molecule has 0 radical (unpaired) electrons. The van der Waals surface area contributed by atoms with Crippen LogP contribution in [0.4, 0.5) is 0 Å². The number of β-amino-alcohol motifs (C(OH)–C–C–N with tert-alkyl or cyclic N) is 1. The van der Waals surface area contributed by atoms with Crippen LogP contribution < -0.4 is 0 Å². The molecule has 1 N–H and O–H groups in total. The molecule has 1 aliphatic heterocycles. The fraction of sp³-hybridized carbons (Fsp3) is 0.684. The third-order valence-corrected chi connectivity index (χ3v) is 4.81. The largest absolute Gasteiger partial charge is 0.395 e. The molecule has 130 valence electrons. The van der Waals surface area contributed by atoms with E-state index in [2.05, 4.69) is 52.8 Å². The molecule has 4 nitrogen and oxygen atoms in total. The second kappa shape index (κ2) is 10.0. The molecule has 4 heteroatoms. The van der Waals surface area contributed by atoms with Crippen molar-refractivity contribution in [1.29, 1.82) is 0 Å². The molecule has 1 aliphatic rings. The van der Waals surface area contributed by atoms with Crippen LogP contribution in [0, 0.1) is 6.92 Å². The molecule has 23 heavy (non-hydrogen) atoms. The molecule has 0 spiro atoms. The number of benzene rings is 1. The average Bonchev–Trinajstić information content (AvgIpc) is 2.63. The molecule has 0 saturated carbocycles. The van der Waals surface area contributed by atoms with Crippen molar-refractivity contribution in [3.05, 3.63) is 35.4 Å². The highest BCUT2D eigenvalue weighted by Crippen LogP contribution is 2.11. The zero-order valence-electron chi connectivity index (χ0n) is 14.9. The number of hydrogen-bond donors (Lipinski definition) is 1. The van der Waals surface area contributed by atoms with E-state index in [4.69, 9.17) is 0 Å². The first-order chi connectivity index (χ1) is 11.2. The summed E-state index contributed by atoms with van der Waals surface area (Å²) in [7, 11) is 0. The second-order valence-electron chi connectivity index (χ2n) is 6.61. The van der Waals surface area contributed by atoms with Crippen molar-refractivity contribution < 1.29 is 5.11 Å². The predicted molar refractivity (Wildman–Crippen MR) is 96.7 cm³/mol. The Labute approximate surface area is 141 Å². The molecular formula is C19H33N3O. The Kier molecular flexibility index (Phi) is 8.03. The lowest BCUT2D eigenvalue weighted by molar-refractivity contribution is 0.172. The van der Waals surface area contributed by atoms with Crippen molar-refractivity contribution in [3.8, 4) is 0 Å². The number of aliphatic hydroxyl groups is 1. The number of rotatable bonds is 6. The lowest BCUT2D eigenvalue weighted by Crippen LogP contribution is -2.37. The molecule has 1 saturated heterocycles. The quantitative estimate of drug-likeness (QED) is 0.866. The highest BCUT2D eigenvalue weighted by atomic mass is 16.3. The van der Waals surface area contributed by atoms with Crippen molar-refractivity contribution in [2.24, 2.45) is 0 Å². The zero-order chi connectivity index (χ0) is 16.5. The van der Waals surface area contributed by atoms with Crippen molar-refractivity contribution in [1.82, 2.24) is 14.7 Å². The van der Waals surface area contributed by atoms with E-state index in [1.54, 1.807) is 0 Å². The van der Waals surface area contributed by atoms with E-state index in [1.807, 2.05) is 0 Å². The van der Waals surface area contributed by atoms with E-state index >= 15 is 0 Å². The Bertz CT molecular complexity index is 434. The van der Waals surface area contributed by atoms with Gasteiger partial charge >= 0.3 is 0 Å². The smallest absolute Gasteiger partial charge is 0.0558 e. The summed E-state index contributed by atoms with van der Waals surface area (Å²) < 4.78 is 0. The van der Waals surface area contributed by atoms with Gasteiger partial charge in [0.05, 0.1) is 6.61 Å². The van der Waals surface area contributed by atoms with E-state index in [-0.39, 0.29) is 6.61 Å². The molecule has 0 unspecified atom stereocenters. The molecular weight excluding hydrogens is 286 g/mol. The van der Waals surface area contributed by atoms with Gasteiger partial charge in [-0.15, -0.1) is 0 Å². The van der Waals surface area contributed by atoms with Gasteiger partial charge in [0, 0.05) is 52.4 Å². The van der Waals surface area contributed by atoms with Crippen LogP contribution in [0.15, 0.2) is 24.3 Å².